The maximum Gasteiger partial charge on any atom is 0.471 e. The average molecular weight is 447 g/mol. The molecule has 2 aromatic carbocycles. The lowest BCUT2D eigenvalue weighted by molar-refractivity contribution is -0.167. The summed E-state index contributed by atoms with van der Waals surface area (Å²) in [4.78, 5) is 26.5. The van der Waals surface area contributed by atoms with Gasteiger partial charge in [-0.2, -0.15) is 13.2 Å². The van der Waals surface area contributed by atoms with Crippen LogP contribution in [-0.4, -0.2) is 23.5 Å². The molecule has 2 amide bonds. The smallest absolute Gasteiger partial charge is 0.318 e. The first-order valence-electron chi connectivity index (χ1n) is 10.8. The minimum Gasteiger partial charge on any atom is -0.318 e. The lowest BCUT2D eigenvalue weighted by atomic mass is 9.65. The van der Waals surface area contributed by atoms with Gasteiger partial charge in [0.25, 0.3) is 0 Å². The molecule has 1 aliphatic rings. The molecule has 7 heteroatoms. The molecule has 1 unspecified atom stereocenters. The summed E-state index contributed by atoms with van der Waals surface area (Å²) in [5.74, 6) is -2.04. The molecule has 1 N–H and O–H groups in total. The fraction of sp³-hybridized carbons (Fsp3) is 0.440. The number of nitrogens with zero attached hydrogens (tertiary/aromatic N) is 1. The Hall–Kier alpha value is -2.83. The number of rotatable bonds is 5. The number of nitrogens with one attached hydrogen (secondary N) is 1. The monoisotopic (exact) mass is 446 g/mol. The standard InChI is InChI=1S/C25H29F3N2O2/c1-5-6-12-21(31)30-20-14-13-18(29-22(32)25(26,27)28)15-19(20)24(4,16-23(30,2)3)17-10-8-7-9-11-17/h7-11,13-15H,5-6,12,16H2,1-4H3,(H,29,32). The zero-order valence-corrected chi connectivity index (χ0v) is 18.8. The molecule has 3 rings (SSSR count). The predicted octanol–water partition coefficient (Wildman–Crippen LogP) is 6.20. The summed E-state index contributed by atoms with van der Waals surface area (Å²) in [5, 5.41) is 1.95. The third-order valence-electron chi connectivity index (χ3n) is 6.14. The number of anilines is 2. The summed E-state index contributed by atoms with van der Waals surface area (Å²) < 4.78 is 38.4. The molecule has 32 heavy (non-hydrogen) atoms. The highest BCUT2D eigenvalue weighted by atomic mass is 19.4. The molecule has 1 aliphatic heterocycles. The number of benzene rings is 2. The van der Waals surface area contributed by atoms with E-state index in [4.69, 9.17) is 0 Å². The lowest BCUT2D eigenvalue weighted by Crippen LogP contribution is -2.55. The highest BCUT2D eigenvalue weighted by molar-refractivity contribution is 5.98. The van der Waals surface area contributed by atoms with Crippen LogP contribution >= 0.6 is 0 Å². The van der Waals surface area contributed by atoms with Gasteiger partial charge in [0.15, 0.2) is 0 Å². The van der Waals surface area contributed by atoms with E-state index >= 15 is 0 Å². The Labute approximate surface area is 186 Å². The third kappa shape index (κ3) is 4.52. The topological polar surface area (TPSA) is 49.4 Å². The molecule has 0 bridgehead atoms. The van der Waals surface area contributed by atoms with Crippen molar-refractivity contribution in [3.8, 4) is 0 Å². The summed E-state index contributed by atoms with van der Waals surface area (Å²) >= 11 is 0. The van der Waals surface area contributed by atoms with Gasteiger partial charge in [-0.15, -0.1) is 0 Å². The number of alkyl halides is 3. The van der Waals surface area contributed by atoms with Crippen LogP contribution in [0.3, 0.4) is 0 Å². The van der Waals surface area contributed by atoms with Crippen LogP contribution in [0.4, 0.5) is 24.5 Å². The lowest BCUT2D eigenvalue weighted by Gasteiger charge is -2.51. The molecular weight excluding hydrogens is 417 g/mol. The third-order valence-corrected chi connectivity index (χ3v) is 6.14. The Kier molecular flexibility index (Phi) is 6.40. The van der Waals surface area contributed by atoms with Gasteiger partial charge in [0, 0.05) is 28.7 Å². The van der Waals surface area contributed by atoms with E-state index in [1.807, 2.05) is 63.3 Å². The van der Waals surface area contributed by atoms with Crippen LogP contribution in [0.25, 0.3) is 0 Å². The summed E-state index contributed by atoms with van der Waals surface area (Å²) in [5.41, 5.74) is 1.34. The second kappa shape index (κ2) is 8.60. The van der Waals surface area contributed by atoms with E-state index in [1.54, 1.807) is 17.0 Å². The van der Waals surface area contributed by atoms with Gasteiger partial charge in [0.05, 0.1) is 0 Å². The van der Waals surface area contributed by atoms with Crippen molar-refractivity contribution in [3.63, 3.8) is 0 Å². The number of unbranched alkanes of at least 4 members (excludes halogenated alkanes) is 1. The van der Waals surface area contributed by atoms with E-state index in [-0.39, 0.29) is 11.6 Å². The fourth-order valence-electron chi connectivity index (χ4n) is 4.79. The Bertz CT molecular complexity index is 1000. The van der Waals surface area contributed by atoms with Gasteiger partial charge < -0.3 is 10.2 Å². The van der Waals surface area contributed by atoms with E-state index in [1.165, 1.54) is 6.07 Å². The van der Waals surface area contributed by atoms with E-state index in [2.05, 4.69) is 0 Å². The molecule has 0 aromatic heterocycles. The van der Waals surface area contributed by atoms with Crippen LogP contribution in [0, 0.1) is 0 Å². The van der Waals surface area contributed by atoms with Crippen molar-refractivity contribution in [1.82, 2.24) is 0 Å². The van der Waals surface area contributed by atoms with Crippen molar-refractivity contribution in [3.05, 3.63) is 59.7 Å². The number of carbonyl (C=O) groups is 2. The highest BCUT2D eigenvalue weighted by Crippen LogP contribution is 2.51. The van der Waals surface area contributed by atoms with Crippen molar-refractivity contribution >= 4 is 23.2 Å². The van der Waals surface area contributed by atoms with Gasteiger partial charge in [0.2, 0.25) is 5.91 Å². The molecule has 0 saturated carbocycles. The molecule has 4 nitrogen and oxygen atoms in total. The molecular formula is C25H29F3N2O2. The molecule has 172 valence electrons. The molecule has 0 spiro atoms. The first kappa shape index (κ1) is 23.8. The van der Waals surface area contributed by atoms with Crippen LogP contribution < -0.4 is 10.2 Å². The zero-order chi connectivity index (χ0) is 23.7. The number of amides is 2. The number of hydrogen-bond donors (Lipinski definition) is 1. The molecule has 0 saturated heterocycles. The first-order valence-corrected chi connectivity index (χ1v) is 10.8. The van der Waals surface area contributed by atoms with Crippen LogP contribution in [0.15, 0.2) is 48.5 Å². The number of hydrogen-bond acceptors (Lipinski definition) is 2. The van der Waals surface area contributed by atoms with E-state index in [0.29, 0.717) is 24.1 Å². The molecule has 0 fully saturated rings. The zero-order valence-electron chi connectivity index (χ0n) is 18.8. The van der Waals surface area contributed by atoms with Gasteiger partial charge in [-0.05, 0) is 56.0 Å². The van der Waals surface area contributed by atoms with E-state index in [0.717, 1.165) is 18.4 Å². The Morgan fingerprint density at radius 1 is 1.06 bits per heavy atom. The summed E-state index contributed by atoms with van der Waals surface area (Å²) in [7, 11) is 0. The normalized spacial score (nSPS) is 19.9. The number of halogens is 3. The minimum atomic E-state index is -4.98. The minimum absolute atomic E-state index is 0.0136. The van der Waals surface area contributed by atoms with E-state index in [9.17, 15) is 22.8 Å². The van der Waals surface area contributed by atoms with Gasteiger partial charge >= 0.3 is 12.1 Å². The van der Waals surface area contributed by atoms with E-state index < -0.39 is 23.0 Å². The van der Waals surface area contributed by atoms with Crippen molar-refractivity contribution in [2.24, 2.45) is 0 Å². The van der Waals surface area contributed by atoms with Crippen molar-refractivity contribution in [1.29, 1.82) is 0 Å². The largest absolute Gasteiger partial charge is 0.471 e. The van der Waals surface area contributed by atoms with Crippen molar-refractivity contribution in [2.75, 3.05) is 10.2 Å². The molecule has 1 heterocycles. The SMILES string of the molecule is CCCCC(=O)N1c2ccc(NC(=O)C(F)(F)F)cc2C(C)(c2ccccc2)CC1(C)C. The maximum atomic E-state index is 13.2. The molecule has 2 aromatic rings. The Morgan fingerprint density at radius 3 is 2.31 bits per heavy atom. The van der Waals surface area contributed by atoms with Gasteiger partial charge in [-0.1, -0.05) is 50.6 Å². The average Bonchev–Trinajstić information content (AvgIpc) is 2.72. The second-order valence-corrected chi connectivity index (χ2v) is 9.20. The molecule has 0 aliphatic carbocycles. The van der Waals surface area contributed by atoms with Crippen LogP contribution in [0.5, 0.6) is 0 Å². The second-order valence-electron chi connectivity index (χ2n) is 9.20. The Morgan fingerprint density at radius 2 is 1.72 bits per heavy atom. The summed E-state index contributed by atoms with van der Waals surface area (Å²) in [6.07, 6.45) is -2.37. The maximum absolute atomic E-state index is 13.2. The summed E-state index contributed by atoms with van der Waals surface area (Å²) in [6.45, 7) is 8.08. The predicted molar refractivity (Wildman–Crippen MR) is 120 cm³/mol. The molecule has 1 atom stereocenters. The number of fused-ring (bicyclic) bond motifs is 1. The number of carbonyl (C=O) groups excluding carboxylic acids is 2. The highest BCUT2D eigenvalue weighted by Gasteiger charge is 2.48. The fourth-order valence-corrected chi connectivity index (χ4v) is 4.79. The first-order chi connectivity index (χ1) is 14.9. The van der Waals surface area contributed by atoms with Gasteiger partial charge in [-0.3, -0.25) is 9.59 Å². The van der Waals surface area contributed by atoms with Crippen molar-refractivity contribution < 1.29 is 22.8 Å². The molecule has 0 radical (unpaired) electrons. The quantitative estimate of drug-likeness (QED) is 0.595. The van der Waals surface area contributed by atoms with Crippen LogP contribution in [0.2, 0.25) is 0 Å². The van der Waals surface area contributed by atoms with Crippen LogP contribution in [-0.2, 0) is 15.0 Å². The van der Waals surface area contributed by atoms with Gasteiger partial charge in [0.1, 0.15) is 0 Å². The Balaban J connectivity index is 2.16. The van der Waals surface area contributed by atoms with Crippen LogP contribution in [0.1, 0.15) is 64.5 Å². The van der Waals surface area contributed by atoms with Crippen molar-refractivity contribution in [2.45, 2.75) is 70.5 Å². The van der Waals surface area contributed by atoms with Gasteiger partial charge in [-0.25, -0.2) is 0 Å². The summed E-state index contributed by atoms with van der Waals surface area (Å²) in [6, 6.07) is 14.3.